The second kappa shape index (κ2) is 10.5. The zero-order chi connectivity index (χ0) is 24.0. The molecular formula is C27H26FN5O2. The molecule has 3 aromatic carbocycles. The second-order valence-corrected chi connectivity index (χ2v) is 8.47. The molecular weight excluding hydrogens is 445 g/mol. The number of benzene rings is 3. The quantitative estimate of drug-likeness (QED) is 0.438. The molecule has 0 unspecified atom stereocenters. The Labute approximate surface area is 203 Å². The number of hydrogen-bond donors (Lipinski definition) is 1. The Balaban J connectivity index is 1.18. The number of amides is 1. The Morgan fingerprint density at radius 3 is 2.60 bits per heavy atom. The summed E-state index contributed by atoms with van der Waals surface area (Å²) in [7, 11) is 0. The largest absolute Gasteiger partial charge is 0.457 e. The number of ether oxygens (including phenoxy) is 1. The van der Waals surface area contributed by atoms with Crippen LogP contribution in [0.15, 0.2) is 78.9 Å². The summed E-state index contributed by atoms with van der Waals surface area (Å²) in [5.41, 5.74) is 1.46. The molecule has 2 heterocycles. The van der Waals surface area contributed by atoms with E-state index in [1.54, 1.807) is 6.07 Å². The van der Waals surface area contributed by atoms with Crippen molar-refractivity contribution in [2.45, 2.75) is 26.1 Å². The molecule has 7 nitrogen and oxygen atoms in total. The summed E-state index contributed by atoms with van der Waals surface area (Å²) in [6.45, 7) is 3.46. The Kier molecular flexibility index (Phi) is 6.81. The van der Waals surface area contributed by atoms with Gasteiger partial charge >= 0.3 is 0 Å². The van der Waals surface area contributed by atoms with Gasteiger partial charge in [0.15, 0.2) is 5.82 Å². The maximum Gasteiger partial charge on any atom is 0.251 e. The molecule has 178 valence electrons. The minimum absolute atomic E-state index is 0.237. The summed E-state index contributed by atoms with van der Waals surface area (Å²) < 4.78 is 21.5. The normalized spacial score (nSPS) is 13.6. The minimum Gasteiger partial charge on any atom is -0.457 e. The molecule has 0 spiro atoms. The van der Waals surface area contributed by atoms with Crippen LogP contribution in [-0.2, 0) is 26.1 Å². The highest BCUT2D eigenvalue weighted by Gasteiger charge is 2.19. The van der Waals surface area contributed by atoms with E-state index in [4.69, 9.17) is 4.74 Å². The lowest BCUT2D eigenvalue weighted by molar-refractivity contribution is 0.0949. The van der Waals surface area contributed by atoms with E-state index in [2.05, 4.69) is 37.1 Å². The monoisotopic (exact) mass is 471 g/mol. The third kappa shape index (κ3) is 5.73. The summed E-state index contributed by atoms with van der Waals surface area (Å²) in [6.07, 6.45) is 0.769. The standard InChI is InChI=1S/C27H26FN5O2/c28-22-8-5-7-21(17-22)27(34)29-18-26-31-30-25-12-13-32(14-15-33(25)26)19-20-6-4-11-24(16-20)35-23-9-2-1-3-10-23/h1-11,16-17H,12-15,18-19H2,(H,29,34). The Bertz CT molecular complexity index is 1310. The van der Waals surface area contributed by atoms with Crippen molar-refractivity contribution in [3.8, 4) is 11.5 Å². The molecule has 0 bridgehead atoms. The van der Waals surface area contributed by atoms with Crippen LogP contribution in [0.1, 0.15) is 27.6 Å². The third-order valence-electron chi connectivity index (χ3n) is 5.97. The van der Waals surface area contributed by atoms with Crippen molar-refractivity contribution in [2.75, 3.05) is 13.1 Å². The molecule has 8 heteroatoms. The zero-order valence-electron chi connectivity index (χ0n) is 19.2. The third-order valence-corrected chi connectivity index (χ3v) is 5.97. The van der Waals surface area contributed by atoms with E-state index in [0.717, 1.165) is 49.9 Å². The zero-order valence-corrected chi connectivity index (χ0v) is 19.2. The van der Waals surface area contributed by atoms with Gasteiger partial charge in [-0.1, -0.05) is 36.4 Å². The molecule has 0 radical (unpaired) electrons. The molecule has 1 aromatic heterocycles. The number of para-hydroxylation sites is 1. The first kappa shape index (κ1) is 22.7. The van der Waals surface area contributed by atoms with Gasteiger partial charge in [0.1, 0.15) is 23.1 Å². The summed E-state index contributed by atoms with van der Waals surface area (Å²) in [5, 5.41) is 11.4. The van der Waals surface area contributed by atoms with Gasteiger partial charge in [0.25, 0.3) is 5.91 Å². The number of hydrogen-bond acceptors (Lipinski definition) is 5. The molecule has 0 saturated carbocycles. The molecule has 4 aromatic rings. The molecule has 0 saturated heterocycles. The number of nitrogens with one attached hydrogen (secondary N) is 1. The van der Waals surface area contributed by atoms with E-state index in [1.165, 1.54) is 23.8 Å². The highest BCUT2D eigenvalue weighted by atomic mass is 19.1. The van der Waals surface area contributed by atoms with Crippen LogP contribution in [-0.4, -0.2) is 38.7 Å². The van der Waals surface area contributed by atoms with Gasteiger partial charge in [-0.3, -0.25) is 9.69 Å². The average molecular weight is 472 g/mol. The predicted octanol–water partition coefficient (Wildman–Crippen LogP) is 4.20. The van der Waals surface area contributed by atoms with Gasteiger partial charge in [0, 0.05) is 38.2 Å². The fraction of sp³-hybridized carbons (Fsp3) is 0.222. The highest BCUT2D eigenvalue weighted by molar-refractivity contribution is 5.94. The number of carbonyl (C=O) groups excluding carboxylic acids is 1. The van der Waals surface area contributed by atoms with E-state index in [0.29, 0.717) is 5.82 Å². The van der Waals surface area contributed by atoms with Crippen molar-refractivity contribution in [1.29, 1.82) is 0 Å². The first-order chi connectivity index (χ1) is 17.1. The summed E-state index contributed by atoms with van der Waals surface area (Å²) in [5.74, 6) is 2.46. The molecule has 5 rings (SSSR count). The molecule has 1 aliphatic heterocycles. The van der Waals surface area contributed by atoms with E-state index in [9.17, 15) is 9.18 Å². The summed E-state index contributed by atoms with van der Waals surface area (Å²) in [4.78, 5) is 14.8. The van der Waals surface area contributed by atoms with Crippen LogP contribution in [0, 0.1) is 5.82 Å². The molecule has 1 aliphatic rings. The van der Waals surface area contributed by atoms with Crippen LogP contribution in [0.4, 0.5) is 4.39 Å². The van der Waals surface area contributed by atoms with Gasteiger partial charge in [-0.15, -0.1) is 10.2 Å². The van der Waals surface area contributed by atoms with Crippen molar-refractivity contribution in [3.05, 3.63) is 107 Å². The van der Waals surface area contributed by atoms with Gasteiger partial charge in [-0.25, -0.2) is 4.39 Å². The maximum atomic E-state index is 13.4. The van der Waals surface area contributed by atoms with Crippen molar-refractivity contribution in [2.24, 2.45) is 0 Å². The van der Waals surface area contributed by atoms with Crippen molar-refractivity contribution >= 4 is 5.91 Å². The number of aromatic nitrogens is 3. The van der Waals surface area contributed by atoms with Gasteiger partial charge < -0.3 is 14.6 Å². The van der Waals surface area contributed by atoms with Crippen LogP contribution < -0.4 is 10.1 Å². The molecule has 0 aliphatic carbocycles. The van der Waals surface area contributed by atoms with Crippen molar-refractivity contribution in [1.82, 2.24) is 25.0 Å². The number of carbonyl (C=O) groups is 1. The first-order valence-electron chi connectivity index (χ1n) is 11.6. The number of nitrogens with zero attached hydrogens (tertiary/aromatic N) is 4. The van der Waals surface area contributed by atoms with Crippen LogP contribution in [0.5, 0.6) is 11.5 Å². The maximum absolute atomic E-state index is 13.4. The highest BCUT2D eigenvalue weighted by Crippen LogP contribution is 2.23. The lowest BCUT2D eigenvalue weighted by atomic mass is 10.2. The molecule has 1 amide bonds. The smallest absolute Gasteiger partial charge is 0.251 e. The topological polar surface area (TPSA) is 72.3 Å². The van der Waals surface area contributed by atoms with Crippen LogP contribution in [0.2, 0.25) is 0 Å². The molecule has 35 heavy (non-hydrogen) atoms. The SMILES string of the molecule is O=C(NCc1nnc2n1CCN(Cc1cccc(Oc3ccccc3)c1)CC2)c1cccc(F)c1. The lowest BCUT2D eigenvalue weighted by Gasteiger charge is -2.20. The van der Waals surface area contributed by atoms with E-state index in [1.807, 2.05) is 42.5 Å². The fourth-order valence-electron chi connectivity index (χ4n) is 4.20. The van der Waals surface area contributed by atoms with Crippen LogP contribution >= 0.6 is 0 Å². The van der Waals surface area contributed by atoms with Gasteiger partial charge in [0.05, 0.1) is 6.54 Å². The second-order valence-electron chi connectivity index (χ2n) is 8.47. The van der Waals surface area contributed by atoms with Crippen molar-refractivity contribution < 1.29 is 13.9 Å². The van der Waals surface area contributed by atoms with Gasteiger partial charge in [-0.05, 0) is 48.0 Å². The summed E-state index contributed by atoms with van der Waals surface area (Å²) in [6, 6.07) is 23.5. The van der Waals surface area contributed by atoms with Crippen LogP contribution in [0.3, 0.4) is 0 Å². The average Bonchev–Trinajstić information content (AvgIpc) is 3.15. The van der Waals surface area contributed by atoms with E-state index >= 15 is 0 Å². The Morgan fingerprint density at radius 2 is 1.74 bits per heavy atom. The predicted molar refractivity (Wildman–Crippen MR) is 130 cm³/mol. The Morgan fingerprint density at radius 1 is 0.914 bits per heavy atom. The first-order valence-corrected chi connectivity index (χ1v) is 11.6. The lowest BCUT2D eigenvalue weighted by Crippen LogP contribution is -2.28. The van der Waals surface area contributed by atoms with Crippen molar-refractivity contribution in [3.63, 3.8) is 0 Å². The fourth-order valence-corrected chi connectivity index (χ4v) is 4.20. The van der Waals surface area contributed by atoms with Crippen LogP contribution in [0.25, 0.3) is 0 Å². The summed E-state index contributed by atoms with van der Waals surface area (Å²) >= 11 is 0. The molecule has 0 atom stereocenters. The minimum atomic E-state index is -0.439. The van der Waals surface area contributed by atoms with Gasteiger partial charge in [-0.2, -0.15) is 0 Å². The van der Waals surface area contributed by atoms with E-state index in [-0.39, 0.29) is 18.0 Å². The number of rotatable bonds is 7. The Hall–Kier alpha value is -4.04. The number of halogens is 1. The van der Waals surface area contributed by atoms with E-state index < -0.39 is 5.82 Å². The molecule has 1 N–H and O–H groups in total. The molecule has 0 fully saturated rings. The van der Waals surface area contributed by atoms with Gasteiger partial charge in [0.2, 0.25) is 0 Å². The number of fused-ring (bicyclic) bond motifs is 1.